The summed E-state index contributed by atoms with van der Waals surface area (Å²) < 4.78 is 0. The minimum atomic E-state index is 0.252. The lowest BCUT2D eigenvalue weighted by atomic mass is 9.75. The molecule has 1 aromatic carbocycles. The Morgan fingerprint density at radius 1 is 1.41 bits per heavy atom. The van der Waals surface area contributed by atoms with Gasteiger partial charge in [-0.25, -0.2) is 0 Å². The molecule has 0 heterocycles. The molecular formula is C15H23NO. The lowest BCUT2D eigenvalue weighted by Crippen LogP contribution is -2.46. The van der Waals surface area contributed by atoms with Crippen molar-refractivity contribution in [2.24, 2.45) is 0 Å². The summed E-state index contributed by atoms with van der Waals surface area (Å²) in [5, 5.41) is 12.7. The quantitative estimate of drug-likeness (QED) is 0.819. The van der Waals surface area contributed by atoms with Crippen molar-refractivity contribution >= 4 is 0 Å². The van der Waals surface area contributed by atoms with Gasteiger partial charge in [0, 0.05) is 12.1 Å². The maximum absolute atomic E-state index is 9.15. The summed E-state index contributed by atoms with van der Waals surface area (Å²) in [4.78, 5) is 0. The van der Waals surface area contributed by atoms with Crippen LogP contribution in [0.15, 0.2) is 24.3 Å². The van der Waals surface area contributed by atoms with E-state index in [1.54, 1.807) is 0 Å². The van der Waals surface area contributed by atoms with Crippen LogP contribution in [0.3, 0.4) is 0 Å². The minimum absolute atomic E-state index is 0.252. The van der Waals surface area contributed by atoms with Gasteiger partial charge in [-0.3, -0.25) is 0 Å². The van der Waals surface area contributed by atoms with Gasteiger partial charge in [-0.15, -0.1) is 0 Å². The Morgan fingerprint density at radius 2 is 2.18 bits per heavy atom. The van der Waals surface area contributed by atoms with E-state index >= 15 is 0 Å². The van der Waals surface area contributed by atoms with E-state index in [1.165, 1.54) is 24.0 Å². The van der Waals surface area contributed by atoms with Crippen LogP contribution < -0.4 is 5.32 Å². The molecule has 0 radical (unpaired) electrons. The number of benzene rings is 1. The molecule has 1 aromatic rings. The van der Waals surface area contributed by atoms with Crippen molar-refractivity contribution in [3.05, 3.63) is 35.4 Å². The van der Waals surface area contributed by atoms with Gasteiger partial charge in [0.2, 0.25) is 0 Å². The molecule has 2 N–H and O–H groups in total. The van der Waals surface area contributed by atoms with E-state index in [0.29, 0.717) is 12.0 Å². The van der Waals surface area contributed by atoms with Crippen molar-refractivity contribution in [2.45, 2.75) is 51.1 Å². The Hall–Kier alpha value is -0.860. The molecule has 2 nitrogen and oxygen atoms in total. The summed E-state index contributed by atoms with van der Waals surface area (Å²) in [6, 6.07) is 9.70. The number of hydrogen-bond donors (Lipinski definition) is 2. The fourth-order valence-electron chi connectivity index (χ4n) is 2.58. The summed E-state index contributed by atoms with van der Waals surface area (Å²) in [6.07, 6.45) is 3.42. The zero-order chi connectivity index (χ0) is 12.3. The Kier molecular flexibility index (Phi) is 4.19. The zero-order valence-corrected chi connectivity index (χ0v) is 10.8. The third kappa shape index (κ3) is 3.08. The molecule has 2 rings (SSSR count). The van der Waals surface area contributed by atoms with Crippen LogP contribution in [-0.4, -0.2) is 23.8 Å². The van der Waals surface area contributed by atoms with Gasteiger partial charge in [0.25, 0.3) is 0 Å². The number of nitrogens with one attached hydrogen (secondary N) is 1. The predicted octanol–water partition coefficient (Wildman–Crippen LogP) is 2.60. The number of hydrogen-bond acceptors (Lipinski definition) is 2. The summed E-state index contributed by atoms with van der Waals surface area (Å²) >= 11 is 0. The second-order valence-electron chi connectivity index (χ2n) is 5.23. The smallest absolute Gasteiger partial charge is 0.0584 e. The summed E-state index contributed by atoms with van der Waals surface area (Å²) in [6.45, 7) is 4.52. The standard InChI is InChI=1S/C15H23NO/c1-3-14(10-17)16-15-8-13(9-15)12-6-4-5-11(2)7-12/h4-7,13-17H,3,8-10H2,1-2H3/t13?,14-,15?/m0/s1. The Labute approximate surface area is 104 Å². The van der Waals surface area contributed by atoms with Crippen LogP contribution >= 0.6 is 0 Å². The first kappa shape index (κ1) is 12.6. The predicted molar refractivity (Wildman–Crippen MR) is 71.2 cm³/mol. The first-order valence-corrected chi connectivity index (χ1v) is 6.66. The molecule has 1 fully saturated rings. The van der Waals surface area contributed by atoms with Gasteiger partial charge >= 0.3 is 0 Å². The Morgan fingerprint density at radius 3 is 2.76 bits per heavy atom. The fraction of sp³-hybridized carbons (Fsp3) is 0.600. The van der Waals surface area contributed by atoms with Crippen molar-refractivity contribution in [1.82, 2.24) is 5.32 Å². The third-order valence-corrected chi connectivity index (χ3v) is 3.84. The maximum Gasteiger partial charge on any atom is 0.0584 e. The van der Waals surface area contributed by atoms with Crippen molar-refractivity contribution in [2.75, 3.05) is 6.61 Å². The number of aliphatic hydroxyl groups excluding tert-OH is 1. The van der Waals surface area contributed by atoms with Gasteiger partial charge in [0.1, 0.15) is 0 Å². The second kappa shape index (κ2) is 5.65. The van der Waals surface area contributed by atoms with E-state index in [0.717, 1.165) is 6.42 Å². The minimum Gasteiger partial charge on any atom is -0.395 e. The van der Waals surface area contributed by atoms with Crippen LogP contribution in [0.4, 0.5) is 0 Å². The largest absolute Gasteiger partial charge is 0.395 e. The van der Waals surface area contributed by atoms with Crippen LogP contribution in [0.5, 0.6) is 0 Å². The lowest BCUT2D eigenvalue weighted by molar-refractivity contribution is 0.193. The number of aryl methyl sites for hydroxylation is 1. The first-order chi connectivity index (χ1) is 8.22. The highest BCUT2D eigenvalue weighted by Crippen LogP contribution is 2.37. The fourth-order valence-corrected chi connectivity index (χ4v) is 2.58. The molecule has 2 heteroatoms. The van der Waals surface area contributed by atoms with Crippen LogP contribution in [0, 0.1) is 6.92 Å². The zero-order valence-electron chi connectivity index (χ0n) is 10.8. The summed E-state index contributed by atoms with van der Waals surface area (Å²) in [7, 11) is 0. The van der Waals surface area contributed by atoms with E-state index in [-0.39, 0.29) is 12.6 Å². The van der Waals surface area contributed by atoms with E-state index in [1.807, 2.05) is 0 Å². The molecule has 1 aliphatic rings. The molecule has 17 heavy (non-hydrogen) atoms. The van der Waals surface area contributed by atoms with Gasteiger partial charge in [0.05, 0.1) is 6.61 Å². The normalized spacial score (nSPS) is 25.4. The van der Waals surface area contributed by atoms with Crippen LogP contribution in [0.2, 0.25) is 0 Å². The Balaban J connectivity index is 1.82. The average molecular weight is 233 g/mol. The van der Waals surface area contributed by atoms with Crippen molar-refractivity contribution in [3.63, 3.8) is 0 Å². The number of aliphatic hydroxyl groups is 1. The highest BCUT2D eigenvalue weighted by molar-refractivity contribution is 5.27. The molecule has 0 saturated heterocycles. The van der Waals surface area contributed by atoms with E-state index in [9.17, 15) is 0 Å². The first-order valence-electron chi connectivity index (χ1n) is 6.66. The molecule has 1 saturated carbocycles. The molecule has 0 unspecified atom stereocenters. The maximum atomic E-state index is 9.15. The highest BCUT2D eigenvalue weighted by atomic mass is 16.3. The molecular weight excluding hydrogens is 210 g/mol. The van der Waals surface area contributed by atoms with Crippen molar-refractivity contribution in [3.8, 4) is 0 Å². The number of rotatable bonds is 5. The molecule has 0 aromatic heterocycles. The van der Waals surface area contributed by atoms with Gasteiger partial charge in [-0.2, -0.15) is 0 Å². The lowest BCUT2D eigenvalue weighted by Gasteiger charge is -2.38. The monoisotopic (exact) mass is 233 g/mol. The molecule has 0 amide bonds. The van der Waals surface area contributed by atoms with Crippen molar-refractivity contribution in [1.29, 1.82) is 0 Å². The van der Waals surface area contributed by atoms with Gasteiger partial charge < -0.3 is 10.4 Å². The molecule has 1 aliphatic carbocycles. The third-order valence-electron chi connectivity index (χ3n) is 3.84. The molecule has 94 valence electrons. The summed E-state index contributed by atoms with van der Waals surface area (Å²) in [5.74, 6) is 0.712. The topological polar surface area (TPSA) is 32.3 Å². The van der Waals surface area contributed by atoms with Crippen LogP contribution in [0.25, 0.3) is 0 Å². The highest BCUT2D eigenvalue weighted by Gasteiger charge is 2.31. The average Bonchev–Trinajstić information content (AvgIpc) is 2.28. The molecule has 0 spiro atoms. The second-order valence-corrected chi connectivity index (χ2v) is 5.23. The van der Waals surface area contributed by atoms with Gasteiger partial charge in [-0.05, 0) is 37.7 Å². The van der Waals surface area contributed by atoms with Crippen LogP contribution in [-0.2, 0) is 0 Å². The summed E-state index contributed by atoms with van der Waals surface area (Å²) in [5.41, 5.74) is 2.82. The van der Waals surface area contributed by atoms with E-state index < -0.39 is 0 Å². The van der Waals surface area contributed by atoms with Crippen LogP contribution in [0.1, 0.15) is 43.2 Å². The molecule has 1 atom stereocenters. The SMILES string of the molecule is CC[C@@H](CO)NC1CC(c2cccc(C)c2)C1. The van der Waals surface area contributed by atoms with Crippen molar-refractivity contribution < 1.29 is 5.11 Å². The molecule has 0 aliphatic heterocycles. The Bertz CT molecular complexity index is 354. The van der Waals surface area contributed by atoms with Gasteiger partial charge in [0.15, 0.2) is 0 Å². The van der Waals surface area contributed by atoms with Gasteiger partial charge in [-0.1, -0.05) is 36.8 Å². The molecule has 0 bridgehead atoms. The van der Waals surface area contributed by atoms with E-state index in [4.69, 9.17) is 5.11 Å². The van der Waals surface area contributed by atoms with E-state index in [2.05, 4.69) is 43.4 Å².